The molecule has 7 nitrogen and oxygen atoms in total. The molecule has 0 spiro atoms. The lowest BCUT2D eigenvalue weighted by atomic mass is 9.85. The topological polar surface area (TPSA) is 84.9 Å². The third-order valence-corrected chi connectivity index (χ3v) is 6.10. The van der Waals surface area contributed by atoms with Gasteiger partial charge in [-0.2, -0.15) is 8.42 Å². The van der Waals surface area contributed by atoms with Gasteiger partial charge in [0.05, 0.1) is 13.7 Å². The molecule has 2 aromatic rings. The molecule has 3 rings (SSSR count). The number of rotatable bonds is 6. The largest absolute Gasteiger partial charge is 0.369 e. The monoisotopic (exact) mass is 408 g/mol. The third-order valence-electron chi connectivity index (χ3n) is 4.65. The number of hydrogen-bond acceptors (Lipinski definition) is 5. The number of hydrogen-bond donors (Lipinski definition) is 1. The molecule has 1 aliphatic heterocycles. The molecule has 2 atom stereocenters. The summed E-state index contributed by atoms with van der Waals surface area (Å²) in [6.07, 6.45) is -0.685. The van der Waals surface area contributed by atoms with Gasteiger partial charge in [-0.05, 0) is 43.2 Å². The average molecular weight is 408 g/mol. The fraction of sp³-hybridized carbons (Fsp3) is 0.316. The van der Waals surface area contributed by atoms with E-state index in [4.69, 9.17) is 9.57 Å². The highest BCUT2D eigenvalue weighted by atomic mass is 32.2. The highest BCUT2D eigenvalue weighted by Crippen LogP contribution is 2.44. The number of benzene rings is 2. The molecule has 1 saturated heterocycles. The molecule has 9 heteroatoms. The summed E-state index contributed by atoms with van der Waals surface area (Å²) in [5, 5.41) is 0. The van der Waals surface area contributed by atoms with E-state index in [0.717, 1.165) is 4.47 Å². The summed E-state index contributed by atoms with van der Waals surface area (Å²) in [5.74, 6) is -1.14. The number of nitrogens with one attached hydrogen (secondary N) is 1. The Hall–Kier alpha value is -2.33. The van der Waals surface area contributed by atoms with Gasteiger partial charge in [-0.25, -0.2) is 9.11 Å². The number of nitrogens with zero attached hydrogens (tertiary/aromatic N) is 1. The van der Waals surface area contributed by atoms with E-state index < -0.39 is 27.8 Å². The number of carbonyl (C=O) groups is 1. The molecule has 2 aromatic carbocycles. The molecular weight excluding hydrogens is 387 g/mol. The minimum atomic E-state index is -4.34. The van der Waals surface area contributed by atoms with Crippen LogP contribution in [0.15, 0.2) is 48.5 Å². The van der Waals surface area contributed by atoms with E-state index in [-0.39, 0.29) is 18.0 Å². The van der Waals surface area contributed by atoms with E-state index >= 15 is 0 Å². The van der Waals surface area contributed by atoms with Crippen molar-refractivity contribution in [1.29, 1.82) is 0 Å². The van der Waals surface area contributed by atoms with Crippen LogP contribution in [0.3, 0.4) is 0 Å². The Morgan fingerprint density at radius 3 is 2.50 bits per heavy atom. The number of hydroxylamine groups is 1. The smallest absolute Gasteiger partial charge is 0.327 e. The van der Waals surface area contributed by atoms with Crippen LogP contribution in [0.25, 0.3) is 0 Å². The van der Waals surface area contributed by atoms with Crippen LogP contribution in [0, 0.1) is 12.7 Å². The van der Waals surface area contributed by atoms with Crippen LogP contribution in [0.4, 0.5) is 4.39 Å². The second-order valence-corrected chi connectivity index (χ2v) is 8.25. The summed E-state index contributed by atoms with van der Waals surface area (Å²) < 4.78 is 47.6. The van der Waals surface area contributed by atoms with E-state index in [1.807, 2.05) is 4.72 Å². The Labute approximate surface area is 163 Å². The minimum absolute atomic E-state index is 0.0440. The van der Waals surface area contributed by atoms with Gasteiger partial charge >= 0.3 is 10.2 Å². The zero-order valence-electron chi connectivity index (χ0n) is 15.7. The summed E-state index contributed by atoms with van der Waals surface area (Å²) in [7, 11) is -3.14. The van der Waals surface area contributed by atoms with Gasteiger partial charge < -0.3 is 4.74 Å². The van der Waals surface area contributed by atoms with Gasteiger partial charge in [0.25, 0.3) is 5.91 Å². The standard InChI is InChI=1S/C19H21FN2O5S/c1-13-11-15(9-10-16(13)20)17-19(2,12-27-17)22(26-3)28(24,25)21-18(23)14-7-5-4-6-8-14/h4-11,17H,12H2,1-3H3,(H,21,23). The van der Waals surface area contributed by atoms with E-state index in [0.29, 0.717) is 11.1 Å². The molecule has 1 amide bonds. The first-order valence-corrected chi connectivity index (χ1v) is 9.97. The van der Waals surface area contributed by atoms with E-state index in [9.17, 15) is 17.6 Å². The van der Waals surface area contributed by atoms with Crippen molar-refractivity contribution in [3.8, 4) is 0 Å². The molecule has 1 heterocycles. The summed E-state index contributed by atoms with van der Waals surface area (Å²) in [4.78, 5) is 17.4. The lowest BCUT2D eigenvalue weighted by Crippen LogP contribution is -2.65. The predicted molar refractivity (Wildman–Crippen MR) is 99.9 cm³/mol. The van der Waals surface area contributed by atoms with Gasteiger partial charge in [-0.3, -0.25) is 9.63 Å². The third kappa shape index (κ3) is 3.66. The fourth-order valence-corrected chi connectivity index (χ4v) is 4.56. The van der Waals surface area contributed by atoms with Crippen molar-refractivity contribution >= 4 is 16.1 Å². The van der Waals surface area contributed by atoms with Crippen LogP contribution in [0.2, 0.25) is 0 Å². The van der Waals surface area contributed by atoms with E-state index in [1.165, 1.54) is 31.4 Å². The summed E-state index contributed by atoms with van der Waals surface area (Å²) in [5.41, 5.74) is 0.101. The van der Waals surface area contributed by atoms with E-state index in [1.54, 1.807) is 38.1 Å². The van der Waals surface area contributed by atoms with Crippen molar-refractivity contribution in [3.63, 3.8) is 0 Å². The highest BCUT2D eigenvalue weighted by Gasteiger charge is 2.55. The molecule has 1 aliphatic rings. The van der Waals surface area contributed by atoms with Gasteiger partial charge in [-0.1, -0.05) is 34.8 Å². The van der Waals surface area contributed by atoms with Crippen molar-refractivity contribution in [3.05, 3.63) is 71.0 Å². The Morgan fingerprint density at radius 2 is 1.96 bits per heavy atom. The zero-order valence-corrected chi connectivity index (χ0v) is 16.5. The summed E-state index contributed by atoms with van der Waals surface area (Å²) in [6, 6.07) is 12.4. The summed E-state index contributed by atoms with van der Waals surface area (Å²) in [6.45, 7) is 3.29. The zero-order chi connectivity index (χ0) is 20.5. The lowest BCUT2D eigenvalue weighted by molar-refractivity contribution is -0.258. The number of amides is 1. The summed E-state index contributed by atoms with van der Waals surface area (Å²) >= 11 is 0. The number of aryl methyl sites for hydroxylation is 1. The SMILES string of the molecule is CON(C1(C)COC1c1ccc(F)c(C)c1)S(=O)(=O)NC(=O)c1ccccc1. The second kappa shape index (κ2) is 7.59. The van der Waals surface area contributed by atoms with Crippen LogP contribution in [0.1, 0.15) is 34.5 Å². The average Bonchev–Trinajstić information content (AvgIpc) is 2.64. The molecule has 1 N–H and O–H groups in total. The van der Waals surface area contributed by atoms with Crippen LogP contribution < -0.4 is 4.72 Å². The van der Waals surface area contributed by atoms with Crippen LogP contribution in [0.5, 0.6) is 0 Å². The Balaban J connectivity index is 1.86. The van der Waals surface area contributed by atoms with Gasteiger partial charge in [0.2, 0.25) is 0 Å². The quantitative estimate of drug-likeness (QED) is 0.743. The maximum Gasteiger partial charge on any atom is 0.327 e. The second-order valence-electron chi connectivity index (χ2n) is 6.77. The molecule has 1 fully saturated rings. The van der Waals surface area contributed by atoms with Crippen molar-refractivity contribution in [1.82, 2.24) is 9.19 Å². The molecular formula is C19H21FN2O5S. The first-order valence-electron chi connectivity index (χ1n) is 8.53. The van der Waals surface area contributed by atoms with Crippen molar-refractivity contribution in [2.24, 2.45) is 0 Å². The van der Waals surface area contributed by atoms with Crippen LogP contribution >= 0.6 is 0 Å². The Morgan fingerprint density at radius 1 is 1.29 bits per heavy atom. The molecule has 0 bridgehead atoms. The molecule has 0 radical (unpaired) electrons. The fourth-order valence-electron chi connectivity index (χ4n) is 3.23. The molecule has 28 heavy (non-hydrogen) atoms. The molecule has 0 aliphatic carbocycles. The molecule has 0 saturated carbocycles. The highest BCUT2D eigenvalue weighted by molar-refractivity contribution is 7.87. The van der Waals surface area contributed by atoms with Crippen LogP contribution in [-0.4, -0.2) is 38.0 Å². The number of ether oxygens (including phenoxy) is 1. The predicted octanol–water partition coefficient (Wildman–Crippen LogP) is 2.50. The Bertz CT molecular complexity index is 983. The maximum atomic E-state index is 13.6. The lowest BCUT2D eigenvalue weighted by Gasteiger charge is -2.50. The molecule has 150 valence electrons. The van der Waals surface area contributed by atoms with Crippen molar-refractivity contribution in [2.45, 2.75) is 25.5 Å². The number of carbonyl (C=O) groups excluding carboxylic acids is 1. The van der Waals surface area contributed by atoms with Gasteiger partial charge in [0, 0.05) is 5.56 Å². The van der Waals surface area contributed by atoms with Gasteiger partial charge in [-0.15, -0.1) is 0 Å². The van der Waals surface area contributed by atoms with Crippen LogP contribution in [-0.2, 0) is 19.8 Å². The van der Waals surface area contributed by atoms with Crippen molar-refractivity contribution < 1.29 is 27.2 Å². The number of halogens is 1. The molecule has 0 aromatic heterocycles. The van der Waals surface area contributed by atoms with Crippen molar-refractivity contribution in [2.75, 3.05) is 13.7 Å². The minimum Gasteiger partial charge on any atom is -0.369 e. The van der Waals surface area contributed by atoms with Gasteiger partial charge in [0.1, 0.15) is 17.5 Å². The normalized spacial score (nSPS) is 22.0. The van der Waals surface area contributed by atoms with Gasteiger partial charge in [0.15, 0.2) is 0 Å². The molecule has 2 unspecified atom stereocenters. The maximum absolute atomic E-state index is 13.6. The van der Waals surface area contributed by atoms with E-state index in [2.05, 4.69) is 0 Å². The first-order chi connectivity index (χ1) is 13.2. The Kier molecular flexibility index (Phi) is 5.53. The first kappa shape index (κ1) is 20.4.